The van der Waals surface area contributed by atoms with Gasteiger partial charge in [-0.3, -0.25) is 19.1 Å². The van der Waals surface area contributed by atoms with Gasteiger partial charge in [0.25, 0.3) is 5.91 Å². The van der Waals surface area contributed by atoms with E-state index in [2.05, 4.69) is 15.3 Å². The maximum atomic E-state index is 12.8. The van der Waals surface area contributed by atoms with E-state index >= 15 is 0 Å². The zero-order valence-electron chi connectivity index (χ0n) is 16.3. The quantitative estimate of drug-likeness (QED) is 0.491. The predicted octanol–water partition coefficient (Wildman–Crippen LogP) is 4.69. The first-order valence-electron chi connectivity index (χ1n) is 9.67. The molecule has 1 unspecified atom stereocenters. The molecule has 1 amide bonds. The number of nitrogens with one attached hydrogen (secondary N) is 1. The molecule has 1 fully saturated rings. The SMILES string of the molecule is O=C(Nc1cccc(-c2nccc3ncccc23)c1)c1ccc(N2CCS2=O)cc1Cl. The Bertz CT molecular complexity index is 1340. The average Bonchev–Trinajstić information content (AvgIpc) is 2.78. The molecule has 0 bridgehead atoms. The first kappa shape index (κ1) is 19.7. The van der Waals surface area contributed by atoms with Gasteiger partial charge in [-0.1, -0.05) is 23.7 Å². The molecule has 1 aliphatic rings. The van der Waals surface area contributed by atoms with Crippen LogP contribution in [0.3, 0.4) is 0 Å². The minimum absolute atomic E-state index is 0.314. The molecule has 31 heavy (non-hydrogen) atoms. The second-order valence-electron chi connectivity index (χ2n) is 7.06. The predicted molar refractivity (Wildman–Crippen MR) is 125 cm³/mol. The number of fused-ring (bicyclic) bond motifs is 1. The highest BCUT2D eigenvalue weighted by molar-refractivity contribution is 7.88. The number of rotatable bonds is 4. The molecule has 0 spiro atoms. The minimum Gasteiger partial charge on any atom is -0.322 e. The third-order valence-corrected chi connectivity index (χ3v) is 6.85. The first-order valence-corrected chi connectivity index (χ1v) is 11.3. The largest absolute Gasteiger partial charge is 0.322 e. The summed E-state index contributed by atoms with van der Waals surface area (Å²) in [6.07, 6.45) is 3.47. The highest BCUT2D eigenvalue weighted by Crippen LogP contribution is 2.30. The number of amides is 1. The smallest absolute Gasteiger partial charge is 0.257 e. The lowest BCUT2D eigenvalue weighted by atomic mass is 10.1. The van der Waals surface area contributed by atoms with E-state index in [0.29, 0.717) is 22.0 Å². The normalized spacial score (nSPS) is 15.5. The van der Waals surface area contributed by atoms with Crippen LogP contribution in [0.4, 0.5) is 11.4 Å². The van der Waals surface area contributed by atoms with Crippen molar-refractivity contribution in [3.05, 3.63) is 83.6 Å². The van der Waals surface area contributed by atoms with Crippen LogP contribution in [-0.2, 0) is 11.0 Å². The highest BCUT2D eigenvalue weighted by Gasteiger charge is 2.24. The molecule has 2 aromatic carbocycles. The van der Waals surface area contributed by atoms with Gasteiger partial charge in [0.2, 0.25) is 0 Å². The Morgan fingerprint density at radius 3 is 2.71 bits per heavy atom. The van der Waals surface area contributed by atoms with E-state index in [1.165, 1.54) is 0 Å². The number of nitrogens with zero attached hydrogens (tertiary/aromatic N) is 3. The van der Waals surface area contributed by atoms with Crippen molar-refractivity contribution in [2.75, 3.05) is 21.9 Å². The molecular weight excluding hydrogens is 432 g/mol. The van der Waals surface area contributed by atoms with Crippen molar-refractivity contribution >= 4 is 50.8 Å². The van der Waals surface area contributed by atoms with E-state index in [9.17, 15) is 9.00 Å². The Balaban J connectivity index is 1.41. The number of halogens is 1. The van der Waals surface area contributed by atoms with Crippen LogP contribution in [0, 0.1) is 0 Å². The van der Waals surface area contributed by atoms with Crippen molar-refractivity contribution < 1.29 is 9.00 Å². The van der Waals surface area contributed by atoms with Gasteiger partial charge in [0.05, 0.1) is 33.2 Å². The van der Waals surface area contributed by atoms with Crippen molar-refractivity contribution in [2.24, 2.45) is 0 Å². The molecule has 1 N–H and O–H groups in total. The lowest BCUT2D eigenvalue weighted by Gasteiger charge is -2.31. The molecule has 3 heterocycles. The molecule has 154 valence electrons. The molecule has 0 saturated carbocycles. The second-order valence-corrected chi connectivity index (χ2v) is 8.96. The number of hydrogen-bond acceptors (Lipinski definition) is 4. The average molecular weight is 449 g/mol. The number of aromatic nitrogens is 2. The molecule has 0 radical (unpaired) electrons. The van der Waals surface area contributed by atoms with Crippen molar-refractivity contribution in [2.45, 2.75) is 0 Å². The lowest BCUT2D eigenvalue weighted by Crippen LogP contribution is -2.42. The summed E-state index contributed by atoms with van der Waals surface area (Å²) < 4.78 is 13.5. The fourth-order valence-corrected chi connectivity index (χ4v) is 4.65. The standard InChI is InChI=1S/C23H17ClN4O2S/c24-20-14-17(28-11-12-31(28)30)6-7-18(20)23(29)27-16-4-1-3-15(13-16)22-19-5-2-9-25-21(19)8-10-26-22/h1-10,13-14H,11-12H2,(H,27,29). The van der Waals surface area contributed by atoms with Gasteiger partial charge in [0.1, 0.15) is 11.0 Å². The summed E-state index contributed by atoms with van der Waals surface area (Å²) in [6, 6.07) is 18.3. The maximum absolute atomic E-state index is 12.8. The summed E-state index contributed by atoms with van der Waals surface area (Å²) in [4.78, 5) is 21.7. The molecular formula is C23H17ClN4O2S. The molecule has 5 rings (SSSR count). The van der Waals surface area contributed by atoms with Gasteiger partial charge in [-0.25, -0.2) is 4.21 Å². The second kappa shape index (κ2) is 8.09. The van der Waals surface area contributed by atoms with E-state index in [1.807, 2.05) is 42.5 Å². The van der Waals surface area contributed by atoms with Crippen molar-refractivity contribution in [1.29, 1.82) is 0 Å². The fourth-order valence-electron chi connectivity index (χ4n) is 3.52. The van der Waals surface area contributed by atoms with E-state index in [4.69, 9.17) is 11.6 Å². The van der Waals surface area contributed by atoms with Crippen molar-refractivity contribution in [3.8, 4) is 11.3 Å². The Labute approximate surface area is 186 Å². The van der Waals surface area contributed by atoms with Crippen LogP contribution in [0.25, 0.3) is 22.2 Å². The van der Waals surface area contributed by atoms with Crippen LogP contribution in [0.2, 0.25) is 5.02 Å². The third-order valence-electron chi connectivity index (χ3n) is 5.12. The van der Waals surface area contributed by atoms with E-state index < -0.39 is 11.0 Å². The minimum atomic E-state index is -1.01. The Morgan fingerprint density at radius 2 is 1.94 bits per heavy atom. The zero-order chi connectivity index (χ0) is 21.4. The van der Waals surface area contributed by atoms with Crippen LogP contribution in [0.5, 0.6) is 0 Å². The van der Waals surface area contributed by atoms with Gasteiger partial charge in [-0.15, -0.1) is 0 Å². The monoisotopic (exact) mass is 448 g/mol. The third kappa shape index (κ3) is 3.78. The van der Waals surface area contributed by atoms with Crippen LogP contribution >= 0.6 is 11.6 Å². The Kier molecular flexibility index (Phi) is 5.13. The number of pyridine rings is 2. The molecule has 1 saturated heterocycles. The topological polar surface area (TPSA) is 75.2 Å². The number of anilines is 2. The highest BCUT2D eigenvalue weighted by atomic mass is 35.5. The molecule has 4 aromatic rings. The van der Waals surface area contributed by atoms with Crippen LogP contribution in [0.1, 0.15) is 10.4 Å². The van der Waals surface area contributed by atoms with E-state index in [-0.39, 0.29) is 5.91 Å². The summed E-state index contributed by atoms with van der Waals surface area (Å²) in [6.45, 7) is 0.721. The first-order chi connectivity index (χ1) is 15.1. The Hall–Kier alpha value is -3.29. The summed E-state index contributed by atoms with van der Waals surface area (Å²) >= 11 is 6.35. The van der Waals surface area contributed by atoms with E-state index in [1.54, 1.807) is 34.9 Å². The number of hydrogen-bond donors (Lipinski definition) is 1. The van der Waals surface area contributed by atoms with Crippen molar-refractivity contribution in [1.82, 2.24) is 9.97 Å². The molecule has 1 atom stereocenters. The van der Waals surface area contributed by atoms with Crippen LogP contribution in [0.15, 0.2) is 73.1 Å². The van der Waals surface area contributed by atoms with E-state index in [0.717, 1.165) is 34.4 Å². The molecule has 2 aromatic heterocycles. The van der Waals surface area contributed by atoms with Crippen LogP contribution in [-0.4, -0.2) is 32.4 Å². The van der Waals surface area contributed by atoms with Gasteiger partial charge in [0, 0.05) is 35.6 Å². The maximum Gasteiger partial charge on any atom is 0.257 e. The summed E-state index contributed by atoms with van der Waals surface area (Å²) in [5, 5.41) is 4.16. The van der Waals surface area contributed by atoms with Crippen LogP contribution < -0.4 is 9.62 Å². The molecule has 6 nitrogen and oxygen atoms in total. The van der Waals surface area contributed by atoms with Gasteiger partial charge in [-0.2, -0.15) is 0 Å². The molecule has 1 aliphatic heterocycles. The lowest BCUT2D eigenvalue weighted by molar-refractivity contribution is 0.102. The number of benzene rings is 2. The van der Waals surface area contributed by atoms with Gasteiger partial charge in [-0.05, 0) is 48.5 Å². The van der Waals surface area contributed by atoms with Gasteiger partial charge >= 0.3 is 0 Å². The Morgan fingerprint density at radius 1 is 1.03 bits per heavy atom. The molecule has 8 heteroatoms. The number of carbonyl (C=O) groups is 1. The van der Waals surface area contributed by atoms with Gasteiger partial charge in [0.15, 0.2) is 0 Å². The number of carbonyl (C=O) groups excluding carboxylic acids is 1. The fraction of sp³-hybridized carbons (Fsp3) is 0.0870. The molecule has 0 aliphatic carbocycles. The zero-order valence-corrected chi connectivity index (χ0v) is 17.9. The summed E-state index contributed by atoms with van der Waals surface area (Å²) in [7, 11) is -1.01. The summed E-state index contributed by atoms with van der Waals surface area (Å²) in [5.41, 5.74) is 4.27. The van der Waals surface area contributed by atoms with Gasteiger partial charge < -0.3 is 5.32 Å². The van der Waals surface area contributed by atoms with Crippen molar-refractivity contribution in [3.63, 3.8) is 0 Å². The summed E-state index contributed by atoms with van der Waals surface area (Å²) in [5.74, 6) is 0.337.